The van der Waals surface area contributed by atoms with Gasteiger partial charge < -0.3 is 10.1 Å². The molecular formula is C31H20Cl3N3O4S. The number of anilines is 1. The maximum atomic E-state index is 12.9. The predicted octanol–water partition coefficient (Wildman–Crippen LogP) is 8.41. The standard InChI is InChI=1S/C31H20Cl3N3O4S/c1-17-6-12-23-26(14-17)42-28(27(23)34)30(39)36-21-10-7-18(8-11-21)29(38)37-35-16-19-4-2-3-5-25(19)41-31(40)22-13-9-20(32)15-24(22)33/h2-16H,1H3,(H,36,39)(H,37,38)/b35-16-. The number of thiophene rings is 1. The first-order valence-electron chi connectivity index (χ1n) is 12.4. The molecular weight excluding hydrogens is 617 g/mol. The van der Waals surface area contributed by atoms with Crippen LogP contribution >= 0.6 is 46.1 Å². The first-order valence-corrected chi connectivity index (χ1v) is 14.3. The summed E-state index contributed by atoms with van der Waals surface area (Å²) in [5.74, 6) is -1.26. The third-order valence-electron chi connectivity index (χ3n) is 6.04. The molecule has 1 heterocycles. The van der Waals surface area contributed by atoms with Gasteiger partial charge in [-0.3, -0.25) is 9.59 Å². The number of hydrazone groups is 1. The van der Waals surface area contributed by atoms with Gasteiger partial charge in [-0.2, -0.15) is 5.10 Å². The quantitative estimate of drug-likeness (QED) is 0.0811. The molecule has 0 aliphatic rings. The smallest absolute Gasteiger partial charge is 0.345 e. The summed E-state index contributed by atoms with van der Waals surface area (Å²) in [5.41, 5.74) is 4.94. The van der Waals surface area contributed by atoms with Gasteiger partial charge >= 0.3 is 5.97 Å². The Kier molecular flexibility index (Phi) is 8.89. The fourth-order valence-electron chi connectivity index (χ4n) is 3.93. The van der Waals surface area contributed by atoms with Gasteiger partial charge in [0.25, 0.3) is 11.8 Å². The van der Waals surface area contributed by atoms with Crippen molar-refractivity contribution in [1.82, 2.24) is 5.43 Å². The molecule has 42 heavy (non-hydrogen) atoms. The average Bonchev–Trinajstić information content (AvgIpc) is 3.29. The number of hydrogen-bond donors (Lipinski definition) is 2. The summed E-state index contributed by atoms with van der Waals surface area (Å²) < 4.78 is 6.42. The summed E-state index contributed by atoms with van der Waals surface area (Å²) in [5, 5.41) is 8.60. The van der Waals surface area contributed by atoms with Crippen LogP contribution < -0.4 is 15.5 Å². The Morgan fingerprint density at radius 1 is 0.881 bits per heavy atom. The molecule has 0 unspecified atom stereocenters. The number of amides is 2. The highest BCUT2D eigenvalue weighted by Crippen LogP contribution is 2.36. The van der Waals surface area contributed by atoms with E-state index in [4.69, 9.17) is 39.5 Å². The average molecular weight is 637 g/mol. The molecule has 2 N–H and O–H groups in total. The van der Waals surface area contributed by atoms with Crippen molar-refractivity contribution in [2.24, 2.45) is 5.10 Å². The van der Waals surface area contributed by atoms with Crippen LogP contribution in [0.25, 0.3) is 10.1 Å². The van der Waals surface area contributed by atoms with Crippen molar-refractivity contribution in [3.05, 3.63) is 127 Å². The number of esters is 1. The van der Waals surface area contributed by atoms with Gasteiger partial charge in [0.2, 0.25) is 0 Å². The Balaban J connectivity index is 1.21. The van der Waals surface area contributed by atoms with E-state index in [0.717, 1.165) is 15.6 Å². The lowest BCUT2D eigenvalue weighted by Crippen LogP contribution is -2.18. The maximum Gasteiger partial charge on any atom is 0.345 e. The van der Waals surface area contributed by atoms with Crippen LogP contribution in [0.5, 0.6) is 5.75 Å². The van der Waals surface area contributed by atoms with E-state index in [2.05, 4.69) is 15.8 Å². The number of ether oxygens (including phenoxy) is 1. The van der Waals surface area contributed by atoms with Crippen LogP contribution in [0.4, 0.5) is 5.69 Å². The number of nitrogens with one attached hydrogen (secondary N) is 2. The van der Waals surface area contributed by atoms with Crippen LogP contribution in [-0.4, -0.2) is 24.0 Å². The minimum Gasteiger partial charge on any atom is -0.422 e. The Bertz CT molecular complexity index is 1870. The van der Waals surface area contributed by atoms with Crippen molar-refractivity contribution in [3.8, 4) is 5.75 Å². The molecule has 0 saturated heterocycles. The van der Waals surface area contributed by atoms with Crippen molar-refractivity contribution >= 4 is 85.9 Å². The molecule has 0 atom stereocenters. The summed E-state index contributed by atoms with van der Waals surface area (Å²) in [6, 6.07) is 23.3. The number of fused-ring (bicyclic) bond motifs is 1. The molecule has 0 aliphatic carbocycles. The number of para-hydroxylation sites is 1. The second-order valence-corrected chi connectivity index (χ2v) is 11.3. The SMILES string of the molecule is Cc1ccc2c(Cl)c(C(=O)Nc3ccc(C(=O)N/N=C\c4ccccc4OC(=O)c4ccc(Cl)cc4Cl)cc3)sc2c1. The molecule has 0 spiro atoms. The van der Waals surface area contributed by atoms with Crippen molar-refractivity contribution in [2.45, 2.75) is 6.92 Å². The molecule has 7 nitrogen and oxygen atoms in total. The Labute approximate surface area is 259 Å². The molecule has 210 valence electrons. The Hall–Kier alpha value is -4.21. The van der Waals surface area contributed by atoms with Crippen molar-refractivity contribution in [2.75, 3.05) is 5.32 Å². The minimum atomic E-state index is -0.668. The zero-order valence-corrected chi connectivity index (χ0v) is 24.9. The fraction of sp³-hybridized carbons (Fsp3) is 0.0323. The molecule has 0 saturated carbocycles. The number of halogens is 3. The highest BCUT2D eigenvalue weighted by Gasteiger charge is 2.18. The third kappa shape index (κ3) is 6.64. The number of carbonyl (C=O) groups is 3. The highest BCUT2D eigenvalue weighted by molar-refractivity contribution is 7.21. The van der Waals surface area contributed by atoms with Crippen LogP contribution in [0.3, 0.4) is 0 Å². The predicted molar refractivity (Wildman–Crippen MR) is 169 cm³/mol. The molecule has 4 aromatic carbocycles. The molecule has 0 radical (unpaired) electrons. The molecule has 1 aromatic heterocycles. The monoisotopic (exact) mass is 635 g/mol. The van der Waals surface area contributed by atoms with Gasteiger partial charge in [-0.1, -0.05) is 59.1 Å². The van der Waals surface area contributed by atoms with Gasteiger partial charge in [0.1, 0.15) is 10.6 Å². The molecule has 5 rings (SSSR count). The van der Waals surface area contributed by atoms with Crippen molar-refractivity contribution in [1.29, 1.82) is 0 Å². The highest BCUT2D eigenvalue weighted by atomic mass is 35.5. The summed E-state index contributed by atoms with van der Waals surface area (Å²) in [4.78, 5) is 38.5. The first-order chi connectivity index (χ1) is 20.2. The van der Waals surface area contributed by atoms with E-state index in [0.29, 0.717) is 31.7 Å². The summed E-state index contributed by atoms with van der Waals surface area (Å²) in [7, 11) is 0. The minimum absolute atomic E-state index is 0.155. The van der Waals surface area contributed by atoms with Gasteiger partial charge in [0.15, 0.2) is 0 Å². The van der Waals surface area contributed by atoms with E-state index < -0.39 is 11.9 Å². The zero-order valence-electron chi connectivity index (χ0n) is 21.8. The van der Waals surface area contributed by atoms with E-state index in [-0.39, 0.29) is 22.2 Å². The second kappa shape index (κ2) is 12.8. The topological polar surface area (TPSA) is 96.9 Å². The molecule has 2 amide bonds. The van der Waals surface area contributed by atoms with E-state index in [9.17, 15) is 14.4 Å². The van der Waals surface area contributed by atoms with Crippen LogP contribution in [0.1, 0.15) is 41.5 Å². The third-order valence-corrected chi connectivity index (χ3v) is 8.24. The first kappa shape index (κ1) is 29.3. The van der Waals surface area contributed by atoms with Gasteiger partial charge in [-0.15, -0.1) is 11.3 Å². The summed E-state index contributed by atoms with van der Waals surface area (Å²) in [6.45, 7) is 1.98. The van der Waals surface area contributed by atoms with Gasteiger partial charge in [0, 0.05) is 31.9 Å². The summed E-state index contributed by atoms with van der Waals surface area (Å²) in [6.07, 6.45) is 1.36. The number of rotatable bonds is 7. The van der Waals surface area contributed by atoms with Crippen molar-refractivity contribution < 1.29 is 19.1 Å². The van der Waals surface area contributed by atoms with Gasteiger partial charge in [-0.25, -0.2) is 10.2 Å². The van der Waals surface area contributed by atoms with E-state index in [1.54, 1.807) is 48.5 Å². The van der Waals surface area contributed by atoms with E-state index in [1.807, 2.05) is 25.1 Å². The molecule has 5 aromatic rings. The van der Waals surface area contributed by atoms with E-state index in [1.165, 1.54) is 35.8 Å². The van der Waals surface area contributed by atoms with Crippen LogP contribution in [-0.2, 0) is 0 Å². The number of hydrogen-bond acceptors (Lipinski definition) is 6. The number of carbonyl (C=O) groups excluding carboxylic acids is 3. The number of nitrogens with zero attached hydrogens (tertiary/aromatic N) is 1. The molecule has 0 fully saturated rings. The lowest BCUT2D eigenvalue weighted by atomic mass is 10.2. The maximum absolute atomic E-state index is 12.9. The van der Waals surface area contributed by atoms with Crippen LogP contribution in [0.15, 0.2) is 90.0 Å². The van der Waals surface area contributed by atoms with Crippen LogP contribution in [0, 0.1) is 6.92 Å². The number of benzene rings is 4. The molecule has 0 aliphatic heterocycles. The fourth-order valence-corrected chi connectivity index (χ4v) is 5.92. The van der Waals surface area contributed by atoms with Crippen LogP contribution in [0.2, 0.25) is 15.1 Å². The lowest BCUT2D eigenvalue weighted by Gasteiger charge is -2.08. The molecule has 0 bridgehead atoms. The van der Waals surface area contributed by atoms with E-state index >= 15 is 0 Å². The largest absolute Gasteiger partial charge is 0.422 e. The normalized spacial score (nSPS) is 11.0. The summed E-state index contributed by atoms with van der Waals surface area (Å²) >= 11 is 19.8. The Morgan fingerprint density at radius 2 is 1.64 bits per heavy atom. The Morgan fingerprint density at radius 3 is 2.40 bits per heavy atom. The second-order valence-electron chi connectivity index (χ2n) is 9.03. The lowest BCUT2D eigenvalue weighted by molar-refractivity contribution is 0.0734. The van der Waals surface area contributed by atoms with Gasteiger partial charge in [0.05, 0.1) is 21.8 Å². The zero-order chi connectivity index (χ0) is 29.8. The van der Waals surface area contributed by atoms with Gasteiger partial charge in [-0.05, 0) is 73.2 Å². The van der Waals surface area contributed by atoms with Crippen molar-refractivity contribution in [3.63, 3.8) is 0 Å². The number of aryl methyl sites for hydroxylation is 1. The molecule has 11 heteroatoms.